The van der Waals surface area contributed by atoms with Crippen LogP contribution in [0.15, 0.2) is 131 Å². The number of hydrogen-bond acceptors (Lipinski definition) is 13. The Hall–Kier alpha value is -6.13. The molecule has 7 rings (SSSR count). The topological polar surface area (TPSA) is 166 Å². The van der Waals surface area contributed by atoms with Gasteiger partial charge in [0, 0.05) is 16.0 Å². The Kier molecular flexibility index (Phi) is 11.1. The summed E-state index contributed by atoms with van der Waals surface area (Å²) in [7, 11) is 1.34. The highest BCUT2D eigenvalue weighted by Gasteiger charge is 2.54. The van der Waals surface area contributed by atoms with Crippen LogP contribution in [-0.4, -0.2) is 84.1 Å². The van der Waals surface area contributed by atoms with Crippen molar-refractivity contribution in [2.24, 2.45) is 5.16 Å². The molecule has 0 saturated carbocycles. The number of allylic oxidation sites excluding steroid dienone is 2. The Morgan fingerprint density at radius 2 is 1.59 bits per heavy atom. The maximum atomic E-state index is 13.9. The number of esters is 1. The quantitative estimate of drug-likeness (QED) is 0.0534. The van der Waals surface area contributed by atoms with Crippen LogP contribution >= 0.6 is 23.1 Å². The molecule has 0 radical (unpaired) electrons. The minimum Gasteiger partial charge on any atom is -0.455 e. The number of oxime groups is 1. The number of ether oxygens (including phenoxy) is 1. The van der Waals surface area contributed by atoms with Gasteiger partial charge in [-0.15, -0.1) is 28.2 Å². The summed E-state index contributed by atoms with van der Waals surface area (Å²) < 4.78 is 7.24. The van der Waals surface area contributed by atoms with E-state index in [1.807, 2.05) is 54.6 Å². The molecule has 2 N–H and O–H groups in total. The van der Waals surface area contributed by atoms with Gasteiger partial charge in [-0.25, -0.2) is 14.5 Å². The van der Waals surface area contributed by atoms with Crippen LogP contribution < -0.4 is 10.6 Å². The van der Waals surface area contributed by atoms with Crippen molar-refractivity contribution in [2.75, 3.05) is 18.2 Å². The van der Waals surface area contributed by atoms with Gasteiger partial charge in [-0.05, 0) is 54.0 Å². The summed E-state index contributed by atoms with van der Waals surface area (Å²) in [6, 6.07) is 28.8. The van der Waals surface area contributed by atoms with Crippen molar-refractivity contribution in [1.82, 2.24) is 35.4 Å². The second-order valence-corrected chi connectivity index (χ2v) is 15.7. The number of benzene rings is 3. The lowest BCUT2D eigenvalue weighted by Crippen LogP contribution is -2.73. The number of fused-ring (bicyclic) bond motifs is 1. The van der Waals surface area contributed by atoms with E-state index in [1.54, 1.807) is 38.3 Å². The first-order valence-corrected chi connectivity index (χ1v) is 19.6. The number of thiazole rings is 1. The predicted octanol–water partition coefficient (Wildman–Crippen LogP) is 5.14. The van der Waals surface area contributed by atoms with E-state index in [0.29, 0.717) is 22.3 Å². The molecular weight excluding hydrogens is 751 g/mol. The lowest BCUT2D eigenvalue weighted by molar-refractivity contribution is -0.160. The number of anilines is 1. The molecule has 4 heterocycles. The molecule has 16 heteroatoms. The fourth-order valence-corrected chi connectivity index (χ4v) is 8.54. The van der Waals surface area contributed by atoms with E-state index in [-0.39, 0.29) is 17.1 Å². The molecule has 3 aromatic carbocycles. The summed E-state index contributed by atoms with van der Waals surface area (Å²) in [5.74, 6) is -1.33. The molecule has 2 aromatic heterocycles. The molecule has 1 saturated heterocycles. The highest BCUT2D eigenvalue weighted by Crippen LogP contribution is 2.42. The van der Waals surface area contributed by atoms with Crippen molar-refractivity contribution in [3.63, 3.8) is 0 Å². The van der Waals surface area contributed by atoms with Crippen LogP contribution in [0, 0.1) is 0 Å². The number of β-lactam (4-membered cyclic amide) rings is 1. The first kappa shape index (κ1) is 38.2. The molecule has 56 heavy (non-hydrogen) atoms. The number of rotatable bonds is 13. The summed E-state index contributed by atoms with van der Waals surface area (Å²) in [6.45, 7) is 5.63. The van der Waals surface area contributed by atoms with Gasteiger partial charge in [-0.2, -0.15) is 0 Å². The molecule has 286 valence electrons. The van der Waals surface area contributed by atoms with E-state index in [4.69, 9.17) is 14.6 Å². The van der Waals surface area contributed by atoms with Crippen molar-refractivity contribution >= 4 is 51.7 Å². The summed E-state index contributed by atoms with van der Waals surface area (Å²) in [5, 5.41) is 24.0. The number of carbonyl (C=O) groups excluding carboxylic acids is 3. The van der Waals surface area contributed by atoms with Crippen LogP contribution in [0.25, 0.3) is 0 Å². The molecule has 2 atom stereocenters. The van der Waals surface area contributed by atoms with Gasteiger partial charge in [-0.1, -0.05) is 102 Å². The number of tetrazole rings is 1. The van der Waals surface area contributed by atoms with E-state index in [9.17, 15) is 14.4 Å². The molecule has 2 unspecified atom stereocenters. The second kappa shape index (κ2) is 16.3. The maximum Gasteiger partial charge on any atom is 0.356 e. The van der Waals surface area contributed by atoms with Gasteiger partial charge in [0.25, 0.3) is 11.8 Å². The Balaban J connectivity index is 1.14. The fraction of sp³-hybridized carbons (Fsp3) is 0.250. The standard InChI is InChI=1S/C40H39N9O5S2/c1-39(2,3)54-37(52)34-31(21-14-22-48-25-41-46-47-48)55-24-30-33(36(51)49(30)34)43-35(50)32(45-53-4)29-23-56-38(42-29)44-40(26-15-8-5-9-16-26,27-17-10-6-11-18-27)28-19-12-7-13-20-28/h5-21,23,25,30,33H,22,24H2,1-4H3,(H,42,44)(H,43,50). The van der Waals surface area contributed by atoms with Gasteiger partial charge in [0.15, 0.2) is 10.8 Å². The third-order valence-corrected chi connectivity index (χ3v) is 10.9. The molecule has 2 amide bonds. The normalized spacial score (nSPS) is 17.3. The molecule has 2 aliphatic rings. The second-order valence-electron chi connectivity index (χ2n) is 13.8. The van der Waals surface area contributed by atoms with Gasteiger partial charge in [0.05, 0.1) is 12.6 Å². The monoisotopic (exact) mass is 789 g/mol. The Morgan fingerprint density at radius 1 is 0.964 bits per heavy atom. The average Bonchev–Trinajstić information content (AvgIpc) is 3.91. The molecule has 0 bridgehead atoms. The number of aromatic nitrogens is 5. The van der Waals surface area contributed by atoms with Gasteiger partial charge < -0.3 is 20.2 Å². The molecule has 5 aromatic rings. The number of amides is 2. The van der Waals surface area contributed by atoms with Gasteiger partial charge in [-0.3, -0.25) is 14.5 Å². The first-order valence-electron chi connectivity index (χ1n) is 17.7. The summed E-state index contributed by atoms with van der Waals surface area (Å²) in [5.41, 5.74) is 1.58. The van der Waals surface area contributed by atoms with E-state index in [2.05, 4.69) is 67.7 Å². The zero-order chi connectivity index (χ0) is 39.3. The maximum absolute atomic E-state index is 13.9. The molecule has 0 aliphatic carbocycles. The SMILES string of the molecule is CON=C(C(=O)NC1C(=O)N2C(C(=O)OC(C)(C)C)=C(C=CCn3cnnn3)SCC12)c1csc(NC(c2ccccc2)(c2ccccc2)c2ccccc2)n1. The largest absolute Gasteiger partial charge is 0.455 e. The smallest absolute Gasteiger partial charge is 0.356 e. The van der Waals surface area contributed by atoms with E-state index >= 15 is 0 Å². The van der Waals surface area contributed by atoms with E-state index in [0.717, 1.165) is 16.7 Å². The van der Waals surface area contributed by atoms with Crippen LogP contribution in [-0.2, 0) is 36.0 Å². The van der Waals surface area contributed by atoms with Gasteiger partial charge in [0.1, 0.15) is 42.0 Å². The van der Waals surface area contributed by atoms with E-state index < -0.39 is 41.0 Å². The van der Waals surface area contributed by atoms with E-state index in [1.165, 1.54) is 46.1 Å². The zero-order valence-corrected chi connectivity index (χ0v) is 32.7. The number of nitrogens with one attached hydrogen (secondary N) is 2. The number of thioether (sulfide) groups is 1. The van der Waals surface area contributed by atoms with Gasteiger partial charge >= 0.3 is 5.97 Å². The van der Waals surface area contributed by atoms with Crippen molar-refractivity contribution in [3.05, 3.63) is 148 Å². The van der Waals surface area contributed by atoms with Crippen LogP contribution in [0.2, 0.25) is 0 Å². The van der Waals surface area contributed by atoms with Crippen molar-refractivity contribution < 1.29 is 24.0 Å². The summed E-state index contributed by atoms with van der Waals surface area (Å²) in [6.07, 6.45) is 5.02. The third-order valence-electron chi connectivity index (χ3n) is 9.00. The lowest BCUT2D eigenvalue weighted by Gasteiger charge is -2.50. The molecule has 2 aliphatic heterocycles. The predicted molar refractivity (Wildman–Crippen MR) is 213 cm³/mol. The molecule has 14 nitrogen and oxygen atoms in total. The number of hydrogen-bond donors (Lipinski definition) is 2. The van der Waals surface area contributed by atoms with Crippen molar-refractivity contribution in [2.45, 2.75) is 50.5 Å². The average molecular weight is 790 g/mol. The Morgan fingerprint density at radius 3 is 2.14 bits per heavy atom. The van der Waals surface area contributed by atoms with Crippen LogP contribution in [0.1, 0.15) is 43.2 Å². The fourth-order valence-electron chi connectivity index (χ4n) is 6.58. The number of nitrogens with zero attached hydrogens (tertiary/aromatic N) is 7. The first-order chi connectivity index (χ1) is 27.1. The Bertz CT molecular complexity index is 2180. The Labute approximate surface area is 331 Å². The summed E-state index contributed by atoms with van der Waals surface area (Å²) in [4.78, 5) is 53.2. The minimum atomic E-state index is -0.931. The third kappa shape index (κ3) is 7.83. The molecular formula is C40H39N9O5S2. The van der Waals surface area contributed by atoms with Crippen molar-refractivity contribution in [3.8, 4) is 0 Å². The minimum absolute atomic E-state index is 0.106. The van der Waals surface area contributed by atoms with Crippen LogP contribution in [0.5, 0.6) is 0 Å². The molecule has 1 fully saturated rings. The zero-order valence-electron chi connectivity index (χ0n) is 31.0. The van der Waals surface area contributed by atoms with Gasteiger partial charge in [0.2, 0.25) is 0 Å². The highest BCUT2D eigenvalue weighted by atomic mass is 32.2. The lowest BCUT2D eigenvalue weighted by atomic mass is 9.77. The molecule has 0 spiro atoms. The highest BCUT2D eigenvalue weighted by molar-refractivity contribution is 8.03. The van der Waals surface area contributed by atoms with Crippen LogP contribution in [0.4, 0.5) is 5.13 Å². The summed E-state index contributed by atoms with van der Waals surface area (Å²) >= 11 is 2.70. The van der Waals surface area contributed by atoms with Crippen LogP contribution in [0.3, 0.4) is 0 Å². The number of carbonyl (C=O) groups is 3. The van der Waals surface area contributed by atoms with Crippen molar-refractivity contribution in [1.29, 1.82) is 0 Å².